The first-order valence-corrected chi connectivity index (χ1v) is 12.4. The number of hydrogen-bond acceptors (Lipinski definition) is 8. The summed E-state index contributed by atoms with van der Waals surface area (Å²) >= 11 is 0. The van der Waals surface area contributed by atoms with Crippen LogP contribution in [0.2, 0.25) is 0 Å². The molecule has 4 aromatic rings. The van der Waals surface area contributed by atoms with Crippen LogP contribution in [0.15, 0.2) is 79.5 Å². The van der Waals surface area contributed by atoms with Crippen molar-refractivity contribution in [3.8, 4) is 16.9 Å². The van der Waals surface area contributed by atoms with E-state index in [0.717, 1.165) is 39.8 Å². The van der Waals surface area contributed by atoms with Gasteiger partial charge in [0.2, 0.25) is 11.9 Å². The highest BCUT2D eigenvalue weighted by Crippen LogP contribution is 2.34. The molecule has 3 aromatic carbocycles. The van der Waals surface area contributed by atoms with E-state index in [-0.39, 0.29) is 18.1 Å². The molecule has 1 unspecified atom stereocenters. The van der Waals surface area contributed by atoms with Crippen molar-refractivity contribution in [2.45, 2.75) is 12.1 Å². The minimum atomic E-state index is -0.265. The van der Waals surface area contributed by atoms with Crippen LogP contribution in [0.4, 0.5) is 17.3 Å². The Hall–Kier alpha value is -4.31. The van der Waals surface area contributed by atoms with Gasteiger partial charge in [-0.25, -0.2) is 9.97 Å². The number of methoxy groups -OCH3 is 1. The zero-order chi connectivity index (χ0) is 26.5. The predicted molar refractivity (Wildman–Crippen MR) is 150 cm³/mol. The van der Waals surface area contributed by atoms with Gasteiger partial charge in [-0.3, -0.25) is 4.79 Å². The zero-order valence-electron chi connectivity index (χ0n) is 21.1. The van der Waals surface area contributed by atoms with E-state index in [0.29, 0.717) is 30.5 Å². The van der Waals surface area contributed by atoms with E-state index in [4.69, 9.17) is 20.2 Å². The highest BCUT2D eigenvalue weighted by Gasteiger charge is 2.26. The first-order chi connectivity index (χ1) is 18.6. The van der Waals surface area contributed by atoms with Crippen molar-refractivity contribution in [2.24, 2.45) is 5.73 Å². The van der Waals surface area contributed by atoms with Crippen LogP contribution in [0.1, 0.15) is 11.7 Å². The van der Waals surface area contributed by atoms with E-state index in [1.165, 1.54) is 6.08 Å². The number of fused-ring (bicyclic) bond motifs is 1. The van der Waals surface area contributed by atoms with Gasteiger partial charge < -0.3 is 31.2 Å². The quantitative estimate of drug-likeness (QED) is 0.261. The molecule has 38 heavy (non-hydrogen) atoms. The van der Waals surface area contributed by atoms with Gasteiger partial charge in [0.1, 0.15) is 5.75 Å². The van der Waals surface area contributed by atoms with Gasteiger partial charge in [-0.1, -0.05) is 43.0 Å². The Morgan fingerprint density at radius 3 is 2.92 bits per heavy atom. The van der Waals surface area contributed by atoms with E-state index in [1.807, 2.05) is 60.7 Å². The third-order valence-electron chi connectivity index (χ3n) is 6.46. The summed E-state index contributed by atoms with van der Waals surface area (Å²) in [4.78, 5) is 21.1. The zero-order valence-corrected chi connectivity index (χ0v) is 21.1. The number of nitrogens with one attached hydrogen (secondary N) is 3. The molecule has 1 aliphatic rings. The molecule has 1 fully saturated rings. The Balaban J connectivity index is 1.46. The van der Waals surface area contributed by atoms with Crippen LogP contribution in [-0.4, -0.2) is 48.7 Å². The third kappa shape index (κ3) is 5.35. The summed E-state index contributed by atoms with van der Waals surface area (Å²) < 4.78 is 11.7. The number of nitrogens with two attached hydrogens (primary N) is 1. The molecule has 1 aliphatic heterocycles. The van der Waals surface area contributed by atoms with Gasteiger partial charge in [-0.15, -0.1) is 0 Å². The van der Waals surface area contributed by atoms with Crippen molar-refractivity contribution < 1.29 is 14.3 Å². The fourth-order valence-electron chi connectivity index (χ4n) is 4.60. The standard InChI is InChI=1S/C29H30N6O3/c1-3-26(36)33-21-8-4-6-18(14-21)22-9-5-7-20-17-32-29(35-27(20)22)34-23-11-10-19(15-25(23)37-2)28-24(16-30)31-12-13-38-28/h3-11,14-15,17,24,28,31H,1,12-13,16,30H2,2H3,(H,33,36)(H,32,34,35)/t24?,28-/m1/s1. The van der Waals surface area contributed by atoms with E-state index >= 15 is 0 Å². The van der Waals surface area contributed by atoms with Crippen LogP contribution < -0.4 is 26.4 Å². The van der Waals surface area contributed by atoms with E-state index in [9.17, 15) is 4.79 Å². The lowest BCUT2D eigenvalue weighted by Gasteiger charge is -2.32. The SMILES string of the molecule is C=CC(=O)Nc1cccc(-c2cccc3cnc(Nc4ccc([C@H]5OCCNC5CN)cc4OC)nc23)c1. The fourth-order valence-corrected chi connectivity index (χ4v) is 4.60. The highest BCUT2D eigenvalue weighted by atomic mass is 16.5. The summed E-state index contributed by atoms with van der Waals surface area (Å²) in [7, 11) is 1.63. The number of para-hydroxylation sites is 1. The average Bonchev–Trinajstić information content (AvgIpc) is 2.97. The maximum atomic E-state index is 11.8. The lowest BCUT2D eigenvalue weighted by Crippen LogP contribution is -2.47. The normalized spacial score (nSPS) is 17.1. The third-order valence-corrected chi connectivity index (χ3v) is 6.46. The lowest BCUT2D eigenvalue weighted by atomic mass is 10.00. The molecule has 2 atom stereocenters. The maximum absolute atomic E-state index is 11.8. The number of benzene rings is 3. The van der Waals surface area contributed by atoms with Crippen molar-refractivity contribution in [1.82, 2.24) is 15.3 Å². The molecule has 1 aromatic heterocycles. The van der Waals surface area contributed by atoms with Crippen LogP contribution in [0.5, 0.6) is 5.75 Å². The summed E-state index contributed by atoms with van der Waals surface area (Å²) in [6.45, 7) is 5.39. The molecule has 2 heterocycles. The minimum Gasteiger partial charge on any atom is -0.495 e. The van der Waals surface area contributed by atoms with Crippen molar-refractivity contribution in [2.75, 3.05) is 37.4 Å². The Kier molecular flexibility index (Phi) is 7.60. The molecule has 5 N–H and O–H groups in total. The maximum Gasteiger partial charge on any atom is 0.247 e. The summed E-state index contributed by atoms with van der Waals surface area (Å²) in [6, 6.07) is 19.5. The van der Waals surface area contributed by atoms with Crippen LogP contribution in [0, 0.1) is 0 Å². The van der Waals surface area contributed by atoms with Gasteiger partial charge in [0.05, 0.1) is 31.0 Å². The van der Waals surface area contributed by atoms with E-state index < -0.39 is 0 Å². The highest BCUT2D eigenvalue weighted by molar-refractivity contribution is 6.00. The number of rotatable bonds is 8. The van der Waals surface area contributed by atoms with E-state index in [2.05, 4.69) is 27.5 Å². The van der Waals surface area contributed by atoms with E-state index in [1.54, 1.807) is 13.3 Å². The Morgan fingerprint density at radius 1 is 1.24 bits per heavy atom. The molecule has 0 radical (unpaired) electrons. The number of carbonyl (C=O) groups excluding carboxylic acids is 1. The van der Waals surface area contributed by atoms with Crippen molar-refractivity contribution in [1.29, 1.82) is 0 Å². The first kappa shape index (κ1) is 25.3. The first-order valence-electron chi connectivity index (χ1n) is 12.4. The number of morpholine rings is 1. The molecular formula is C29H30N6O3. The summed E-state index contributed by atoms with van der Waals surface area (Å²) in [5.41, 5.74) is 10.9. The second kappa shape index (κ2) is 11.4. The molecule has 1 saturated heterocycles. The van der Waals surface area contributed by atoms with Gasteiger partial charge >= 0.3 is 0 Å². The van der Waals surface area contributed by atoms with Crippen molar-refractivity contribution in [3.63, 3.8) is 0 Å². The Morgan fingerprint density at radius 2 is 2.11 bits per heavy atom. The number of hydrogen-bond donors (Lipinski definition) is 4. The summed E-state index contributed by atoms with van der Waals surface area (Å²) in [6.07, 6.45) is 2.88. The molecule has 9 nitrogen and oxygen atoms in total. The van der Waals surface area contributed by atoms with Crippen molar-refractivity contribution >= 4 is 34.1 Å². The molecule has 5 rings (SSSR count). The van der Waals surface area contributed by atoms with Gasteiger partial charge in [0.25, 0.3) is 0 Å². The number of aromatic nitrogens is 2. The Bertz CT molecular complexity index is 1470. The lowest BCUT2D eigenvalue weighted by molar-refractivity contribution is -0.111. The van der Waals surface area contributed by atoms with Crippen LogP contribution >= 0.6 is 0 Å². The monoisotopic (exact) mass is 510 g/mol. The van der Waals surface area contributed by atoms with Gasteiger partial charge in [0.15, 0.2) is 0 Å². The second-order valence-corrected chi connectivity index (χ2v) is 8.88. The van der Waals surface area contributed by atoms with Gasteiger partial charge in [-0.2, -0.15) is 0 Å². The van der Waals surface area contributed by atoms with Crippen LogP contribution in [0.25, 0.3) is 22.0 Å². The van der Waals surface area contributed by atoms with Crippen molar-refractivity contribution in [3.05, 3.63) is 85.1 Å². The molecule has 1 amide bonds. The molecule has 9 heteroatoms. The fraction of sp³-hybridized carbons (Fsp3) is 0.207. The second-order valence-electron chi connectivity index (χ2n) is 8.88. The van der Waals surface area contributed by atoms with Crippen LogP contribution in [-0.2, 0) is 9.53 Å². The average molecular weight is 511 g/mol. The smallest absolute Gasteiger partial charge is 0.247 e. The minimum absolute atomic E-state index is 0.0399. The Labute approximate surface area is 221 Å². The molecule has 0 saturated carbocycles. The largest absolute Gasteiger partial charge is 0.495 e. The molecule has 0 bridgehead atoms. The molecule has 0 aliphatic carbocycles. The molecule has 194 valence electrons. The number of anilines is 3. The summed E-state index contributed by atoms with van der Waals surface area (Å²) in [5, 5.41) is 10.4. The molecule has 0 spiro atoms. The predicted octanol–water partition coefficient (Wildman–Crippen LogP) is 4.16. The van der Waals surface area contributed by atoms with Gasteiger partial charge in [-0.05, 0) is 41.5 Å². The summed E-state index contributed by atoms with van der Waals surface area (Å²) in [5.74, 6) is 0.816. The van der Waals surface area contributed by atoms with Crippen LogP contribution in [0.3, 0.4) is 0 Å². The number of amides is 1. The molecular weight excluding hydrogens is 480 g/mol. The topological polar surface area (TPSA) is 123 Å². The number of nitrogens with zero attached hydrogens (tertiary/aromatic N) is 2. The van der Waals surface area contributed by atoms with Gasteiger partial charge in [0, 0.05) is 42.0 Å². The number of ether oxygens (including phenoxy) is 2. The number of carbonyl (C=O) groups is 1.